The molecule has 0 unspecified atom stereocenters. The molecule has 1 saturated heterocycles. The van der Waals surface area contributed by atoms with E-state index in [4.69, 9.17) is 16.4 Å². The lowest BCUT2D eigenvalue weighted by atomic mass is 10.2. The van der Waals surface area contributed by atoms with Gasteiger partial charge in [0.15, 0.2) is 0 Å². The van der Waals surface area contributed by atoms with Crippen molar-refractivity contribution in [3.05, 3.63) is 28.8 Å². The number of hydrogen-bond donors (Lipinski definition) is 0. The van der Waals surface area contributed by atoms with Gasteiger partial charge in [0.1, 0.15) is 0 Å². The fourth-order valence-corrected chi connectivity index (χ4v) is 1.85. The molecule has 2 amide bonds. The Morgan fingerprint density at radius 2 is 2.12 bits per heavy atom. The van der Waals surface area contributed by atoms with Gasteiger partial charge >= 0.3 is 6.03 Å². The van der Waals surface area contributed by atoms with E-state index in [1.165, 1.54) is 12.2 Å². The quantitative estimate of drug-likeness (QED) is 0.796. The number of carbonyl (C=O) groups is 1. The summed E-state index contributed by atoms with van der Waals surface area (Å²) in [5.41, 5.74) is 1.81. The van der Waals surface area contributed by atoms with E-state index in [9.17, 15) is 4.79 Å². The zero-order valence-corrected chi connectivity index (χ0v) is 9.99. The molecule has 0 bridgehead atoms. The van der Waals surface area contributed by atoms with Crippen molar-refractivity contribution >= 4 is 23.3 Å². The zero-order valence-electron chi connectivity index (χ0n) is 9.24. The van der Waals surface area contributed by atoms with Crippen LogP contribution < -0.4 is 4.90 Å². The Hall–Kier alpha value is -1.26. The van der Waals surface area contributed by atoms with Crippen LogP contribution in [0.3, 0.4) is 0 Å². The molecule has 0 radical (unpaired) electrons. The van der Waals surface area contributed by atoms with Gasteiger partial charge in [-0.1, -0.05) is 17.7 Å². The highest BCUT2D eigenvalue weighted by Crippen LogP contribution is 2.25. The average Bonchev–Trinajstić information content (AvgIpc) is 2.64. The predicted molar refractivity (Wildman–Crippen MR) is 62.6 cm³/mol. The minimum atomic E-state index is -0.151. The smallest absolute Gasteiger partial charge is 0.291 e. The number of benzene rings is 1. The molecular weight excluding hydrogens is 228 g/mol. The van der Waals surface area contributed by atoms with Gasteiger partial charge < -0.3 is 0 Å². The Morgan fingerprint density at radius 3 is 2.69 bits per heavy atom. The van der Waals surface area contributed by atoms with Crippen LogP contribution in [0.1, 0.15) is 5.56 Å². The number of anilines is 1. The van der Waals surface area contributed by atoms with Crippen LogP contribution >= 0.6 is 11.6 Å². The molecule has 86 valence electrons. The molecule has 1 aromatic rings. The van der Waals surface area contributed by atoms with Crippen LogP contribution in [0.25, 0.3) is 0 Å². The zero-order chi connectivity index (χ0) is 11.7. The Kier molecular flexibility index (Phi) is 3.03. The van der Waals surface area contributed by atoms with E-state index in [1.807, 2.05) is 19.1 Å². The SMILES string of the molecule is CON1CCN(c2ccc(C)c(Cl)c2)C1=O. The second-order valence-corrected chi connectivity index (χ2v) is 4.06. The van der Waals surface area contributed by atoms with Crippen LogP contribution in [0, 0.1) is 6.92 Å². The Bertz CT molecular complexity index is 422. The van der Waals surface area contributed by atoms with Crippen molar-refractivity contribution in [3.8, 4) is 0 Å². The van der Waals surface area contributed by atoms with E-state index in [0.29, 0.717) is 18.1 Å². The molecule has 0 aliphatic carbocycles. The van der Waals surface area contributed by atoms with Crippen LogP contribution in [-0.2, 0) is 4.84 Å². The van der Waals surface area contributed by atoms with E-state index >= 15 is 0 Å². The first-order valence-corrected chi connectivity index (χ1v) is 5.40. The van der Waals surface area contributed by atoms with Crippen molar-refractivity contribution in [3.63, 3.8) is 0 Å². The second-order valence-electron chi connectivity index (χ2n) is 3.65. The maximum absolute atomic E-state index is 11.8. The highest BCUT2D eigenvalue weighted by molar-refractivity contribution is 6.31. The molecule has 1 aliphatic heterocycles. The van der Waals surface area contributed by atoms with E-state index < -0.39 is 0 Å². The molecule has 0 atom stereocenters. The predicted octanol–water partition coefficient (Wildman–Crippen LogP) is 2.45. The highest BCUT2D eigenvalue weighted by atomic mass is 35.5. The highest BCUT2D eigenvalue weighted by Gasteiger charge is 2.29. The van der Waals surface area contributed by atoms with Gasteiger partial charge in [0.25, 0.3) is 0 Å². The fourth-order valence-electron chi connectivity index (χ4n) is 1.68. The molecule has 1 heterocycles. The normalized spacial score (nSPS) is 16.1. The third-order valence-corrected chi connectivity index (χ3v) is 3.07. The van der Waals surface area contributed by atoms with E-state index in [0.717, 1.165) is 11.3 Å². The molecule has 0 aromatic heterocycles. The molecule has 0 spiro atoms. The summed E-state index contributed by atoms with van der Waals surface area (Å²) in [4.78, 5) is 18.4. The first-order chi connectivity index (χ1) is 7.63. The van der Waals surface area contributed by atoms with Crippen molar-refractivity contribution < 1.29 is 9.63 Å². The van der Waals surface area contributed by atoms with Crippen LogP contribution in [0.4, 0.5) is 10.5 Å². The van der Waals surface area contributed by atoms with E-state index in [1.54, 1.807) is 11.0 Å². The Morgan fingerprint density at radius 1 is 1.38 bits per heavy atom. The van der Waals surface area contributed by atoms with Crippen LogP contribution in [0.2, 0.25) is 5.02 Å². The number of hydrogen-bond acceptors (Lipinski definition) is 2. The lowest BCUT2D eigenvalue weighted by Gasteiger charge is -2.17. The van der Waals surface area contributed by atoms with E-state index in [-0.39, 0.29) is 6.03 Å². The second kappa shape index (κ2) is 4.31. The third kappa shape index (κ3) is 1.86. The lowest BCUT2D eigenvalue weighted by Crippen LogP contribution is -2.31. The van der Waals surface area contributed by atoms with Gasteiger partial charge in [0.2, 0.25) is 0 Å². The van der Waals surface area contributed by atoms with Gasteiger partial charge in [0.05, 0.1) is 13.7 Å². The van der Waals surface area contributed by atoms with Gasteiger partial charge in [-0.3, -0.25) is 9.74 Å². The number of hydroxylamine groups is 2. The number of amides is 2. The Labute approximate surface area is 99.3 Å². The number of rotatable bonds is 2. The summed E-state index contributed by atoms with van der Waals surface area (Å²) in [5.74, 6) is 0. The molecule has 0 N–H and O–H groups in total. The third-order valence-electron chi connectivity index (χ3n) is 2.66. The van der Waals surface area contributed by atoms with Gasteiger partial charge in [0, 0.05) is 17.3 Å². The first-order valence-electron chi connectivity index (χ1n) is 5.03. The summed E-state index contributed by atoms with van der Waals surface area (Å²) in [5, 5.41) is 1.99. The number of halogens is 1. The summed E-state index contributed by atoms with van der Waals surface area (Å²) in [7, 11) is 1.49. The molecule has 16 heavy (non-hydrogen) atoms. The van der Waals surface area contributed by atoms with Crippen molar-refractivity contribution in [1.29, 1.82) is 0 Å². The van der Waals surface area contributed by atoms with Gasteiger partial charge in [-0.15, -0.1) is 0 Å². The standard InChI is InChI=1S/C11H13ClN2O2/c1-8-3-4-9(7-10(8)12)13-5-6-14(16-2)11(13)15/h3-4,7H,5-6H2,1-2H3. The number of aryl methyl sites for hydroxylation is 1. The number of carbonyl (C=O) groups excluding carboxylic acids is 1. The minimum absolute atomic E-state index is 0.151. The maximum Gasteiger partial charge on any atom is 0.348 e. The average molecular weight is 241 g/mol. The summed E-state index contributed by atoms with van der Waals surface area (Å²) < 4.78 is 0. The maximum atomic E-state index is 11.8. The molecule has 2 rings (SSSR count). The van der Waals surface area contributed by atoms with Crippen LogP contribution in [0.15, 0.2) is 18.2 Å². The van der Waals surface area contributed by atoms with Gasteiger partial charge in [-0.2, -0.15) is 0 Å². The number of urea groups is 1. The largest absolute Gasteiger partial charge is 0.348 e. The monoisotopic (exact) mass is 240 g/mol. The lowest BCUT2D eigenvalue weighted by molar-refractivity contribution is -0.0698. The summed E-state index contributed by atoms with van der Waals surface area (Å²) in [6.07, 6.45) is 0. The number of nitrogens with zero attached hydrogens (tertiary/aromatic N) is 2. The molecule has 5 heteroatoms. The fraction of sp³-hybridized carbons (Fsp3) is 0.364. The summed E-state index contributed by atoms with van der Waals surface area (Å²) in [6.45, 7) is 3.12. The first kappa shape index (κ1) is 11.2. The molecule has 1 aliphatic rings. The molecule has 0 saturated carbocycles. The van der Waals surface area contributed by atoms with Crippen LogP contribution in [0.5, 0.6) is 0 Å². The van der Waals surface area contributed by atoms with Gasteiger partial charge in [-0.25, -0.2) is 9.86 Å². The summed E-state index contributed by atoms with van der Waals surface area (Å²) in [6, 6.07) is 5.44. The van der Waals surface area contributed by atoms with E-state index in [2.05, 4.69) is 0 Å². The molecular formula is C11H13ClN2O2. The van der Waals surface area contributed by atoms with Crippen molar-refractivity contribution in [2.75, 3.05) is 25.1 Å². The Balaban J connectivity index is 2.25. The molecule has 4 nitrogen and oxygen atoms in total. The topological polar surface area (TPSA) is 32.8 Å². The van der Waals surface area contributed by atoms with Crippen LogP contribution in [-0.4, -0.2) is 31.3 Å². The molecule has 1 fully saturated rings. The minimum Gasteiger partial charge on any atom is -0.291 e. The van der Waals surface area contributed by atoms with Crippen molar-refractivity contribution in [2.24, 2.45) is 0 Å². The summed E-state index contributed by atoms with van der Waals surface area (Å²) >= 11 is 6.03. The molecule has 1 aromatic carbocycles. The van der Waals surface area contributed by atoms with Crippen molar-refractivity contribution in [1.82, 2.24) is 5.06 Å². The van der Waals surface area contributed by atoms with Gasteiger partial charge in [-0.05, 0) is 24.6 Å². The van der Waals surface area contributed by atoms with Crippen molar-refractivity contribution in [2.45, 2.75) is 6.92 Å².